The molecule has 1 aliphatic rings. The number of ether oxygens (including phenoxy) is 2. The molecule has 0 spiro atoms. The van der Waals surface area contributed by atoms with E-state index in [9.17, 15) is 24.3 Å². The Labute approximate surface area is 283 Å². The lowest BCUT2D eigenvalue weighted by atomic mass is 9.84. The summed E-state index contributed by atoms with van der Waals surface area (Å²) in [6, 6.07) is 31.5. The number of para-hydroxylation sites is 2. The van der Waals surface area contributed by atoms with E-state index in [0.717, 1.165) is 27.5 Å². The van der Waals surface area contributed by atoms with Gasteiger partial charge in [-0.2, -0.15) is 0 Å². The number of carboxylic acid groups (broad SMARTS) is 1. The van der Waals surface area contributed by atoms with Gasteiger partial charge in [-0.05, 0) is 72.5 Å². The number of rotatable bonds is 14. The Kier molecular flexibility index (Phi) is 13.1. The highest BCUT2D eigenvalue weighted by Crippen LogP contribution is 2.31. The quantitative estimate of drug-likeness (QED) is 0.0570. The zero-order valence-electron chi connectivity index (χ0n) is 26.7. The summed E-state index contributed by atoms with van der Waals surface area (Å²) in [5.74, 6) is 0.647. The predicted octanol–water partition coefficient (Wildman–Crippen LogP) is 5.71. The van der Waals surface area contributed by atoms with Crippen LogP contribution in [0.2, 0.25) is 0 Å². The van der Waals surface area contributed by atoms with Gasteiger partial charge in [0.15, 0.2) is 6.04 Å². The summed E-state index contributed by atoms with van der Waals surface area (Å²) >= 11 is 0. The highest BCUT2D eigenvalue weighted by Gasteiger charge is 2.54. The fraction of sp³-hybridized carbons (Fsp3) is 0.189. The van der Waals surface area contributed by atoms with Crippen LogP contribution in [0.4, 0.5) is 4.79 Å². The van der Waals surface area contributed by atoms with Crippen LogP contribution in [0.15, 0.2) is 127 Å². The number of likely N-dealkylation sites (tertiary alicyclic amines) is 1. The molecule has 0 radical (unpaired) electrons. The molecular weight excluding hydrogens is 626 g/mol. The Balaban J connectivity index is 0.000000266. The first-order valence-electron chi connectivity index (χ1n) is 15.4. The maximum atomic E-state index is 12.5. The van der Waals surface area contributed by atoms with Gasteiger partial charge in [0.1, 0.15) is 23.0 Å². The number of nitrogens with one attached hydrogen (secondary N) is 2. The average molecular weight is 664 g/mol. The Morgan fingerprint density at radius 1 is 0.837 bits per heavy atom. The third-order valence-electron chi connectivity index (χ3n) is 7.25. The molecule has 4 aromatic rings. The van der Waals surface area contributed by atoms with Gasteiger partial charge in [-0.1, -0.05) is 67.2 Å². The topological polar surface area (TPSA) is 173 Å². The maximum Gasteiger partial charge on any atom is 0.327 e. The Morgan fingerprint density at radius 2 is 1.39 bits per heavy atom. The van der Waals surface area contributed by atoms with E-state index < -0.39 is 29.9 Å². The summed E-state index contributed by atoms with van der Waals surface area (Å²) < 4.78 is 11.4. The molecule has 12 heteroatoms. The number of carboxylic acids is 1. The Morgan fingerprint density at radius 3 is 1.94 bits per heavy atom. The van der Waals surface area contributed by atoms with Gasteiger partial charge in [-0.3, -0.25) is 4.79 Å². The minimum atomic E-state index is -1.21. The Bertz CT molecular complexity index is 1780. The second-order valence-electron chi connectivity index (χ2n) is 10.9. The molecule has 4 aromatic carbocycles. The van der Waals surface area contributed by atoms with Gasteiger partial charge < -0.3 is 30.9 Å². The summed E-state index contributed by atoms with van der Waals surface area (Å²) in [4.78, 5) is 50.9. The van der Waals surface area contributed by atoms with E-state index in [0.29, 0.717) is 43.3 Å². The van der Waals surface area contributed by atoms with Gasteiger partial charge in [-0.25, -0.2) is 24.3 Å². The van der Waals surface area contributed by atoms with E-state index >= 15 is 0 Å². The van der Waals surface area contributed by atoms with Crippen LogP contribution in [-0.4, -0.2) is 46.6 Å². The van der Waals surface area contributed by atoms with Crippen molar-refractivity contribution in [3.05, 3.63) is 133 Å². The molecule has 1 saturated heterocycles. The second-order valence-corrected chi connectivity index (χ2v) is 10.9. The van der Waals surface area contributed by atoms with Crippen molar-refractivity contribution < 1.29 is 33.8 Å². The lowest BCUT2D eigenvalue weighted by Gasteiger charge is -2.42. The van der Waals surface area contributed by atoms with Crippen LogP contribution in [0.25, 0.3) is 0 Å². The summed E-state index contributed by atoms with van der Waals surface area (Å²) in [5, 5.41) is 14.9. The first-order chi connectivity index (χ1) is 23.7. The minimum Gasteiger partial charge on any atom is -0.480 e. The van der Waals surface area contributed by atoms with Crippen molar-refractivity contribution >= 4 is 24.0 Å². The summed E-state index contributed by atoms with van der Waals surface area (Å²) in [6.45, 7) is 4.43. The third kappa shape index (κ3) is 10.8. The molecular formula is C37H37N5O7. The van der Waals surface area contributed by atoms with E-state index in [1.54, 1.807) is 24.3 Å². The van der Waals surface area contributed by atoms with Crippen molar-refractivity contribution in [3.63, 3.8) is 0 Å². The fourth-order valence-electron chi connectivity index (χ4n) is 4.97. The number of aliphatic imine (C=N–C) groups is 1. The fourth-order valence-corrected chi connectivity index (χ4v) is 4.97. The van der Waals surface area contributed by atoms with Crippen LogP contribution in [0.3, 0.4) is 0 Å². The monoisotopic (exact) mass is 663 g/mol. The third-order valence-corrected chi connectivity index (χ3v) is 7.25. The van der Waals surface area contributed by atoms with E-state index in [-0.39, 0.29) is 6.54 Å². The SMILES string of the molecule is C=C(N)NCCC[C@H]1C(=O)N(C(=O)NCc2cccc(Oc3ccccc3)c2)C1C(=O)O.O=C=NCc1cccc(Oc2ccccc2)c1. The molecule has 0 aliphatic carbocycles. The smallest absolute Gasteiger partial charge is 0.327 e. The summed E-state index contributed by atoms with van der Waals surface area (Å²) in [6.07, 6.45) is 2.38. The number of amides is 3. The van der Waals surface area contributed by atoms with Crippen LogP contribution >= 0.6 is 0 Å². The number of hydrogen-bond donors (Lipinski definition) is 4. The Hall–Kier alpha value is -6.39. The molecule has 1 aliphatic heterocycles. The highest BCUT2D eigenvalue weighted by molar-refractivity contribution is 6.07. The van der Waals surface area contributed by atoms with Crippen molar-refractivity contribution in [2.45, 2.75) is 32.0 Å². The number of benzene rings is 4. The van der Waals surface area contributed by atoms with Crippen LogP contribution in [0, 0.1) is 5.92 Å². The first-order valence-corrected chi connectivity index (χ1v) is 15.4. The van der Waals surface area contributed by atoms with Crippen LogP contribution in [0.1, 0.15) is 24.0 Å². The standard InChI is InChI=1S/C23H26N4O5.C14H11NO2/c1-15(24)25-12-6-11-19-20(22(29)30)27(21(19)28)23(31)26-14-16-7-5-10-18(13-16)32-17-8-3-2-4-9-17;16-11-15-10-12-5-4-8-14(9-12)17-13-6-2-1-3-7-13/h2-5,7-10,13,19-20,25H,1,6,11-12,14,24H2,(H,26,31)(H,29,30);1-9H,10H2/t19-,20?;/m1./s1. The number of hydrogen-bond acceptors (Lipinski definition) is 9. The second kappa shape index (κ2) is 18.1. The van der Waals surface area contributed by atoms with E-state index in [1.165, 1.54) is 6.08 Å². The largest absolute Gasteiger partial charge is 0.480 e. The summed E-state index contributed by atoms with van der Waals surface area (Å²) in [7, 11) is 0. The van der Waals surface area contributed by atoms with Crippen molar-refractivity contribution in [3.8, 4) is 23.0 Å². The van der Waals surface area contributed by atoms with Gasteiger partial charge >= 0.3 is 12.0 Å². The molecule has 49 heavy (non-hydrogen) atoms. The number of isocyanates is 1. The number of carbonyl (C=O) groups is 3. The highest BCUT2D eigenvalue weighted by atomic mass is 16.5. The first kappa shape index (κ1) is 35.5. The average Bonchev–Trinajstić information content (AvgIpc) is 3.09. The molecule has 252 valence electrons. The van der Waals surface area contributed by atoms with Gasteiger partial charge in [0.25, 0.3) is 0 Å². The number of urea groups is 1. The van der Waals surface area contributed by atoms with Gasteiger partial charge in [0, 0.05) is 13.1 Å². The van der Waals surface area contributed by atoms with E-state index in [2.05, 4.69) is 22.2 Å². The summed E-state index contributed by atoms with van der Waals surface area (Å²) in [5.41, 5.74) is 7.08. The zero-order chi connectivity index (χ0) is 35.0. The molecule has 2 atom stereocenters. The van der Waals surface area contributed by atoms with Crippen molar-refractivity contribution in [1.29, 1.82) is 0 Å². The van der Waals surface area contributed by atoms with Crippen LogP contribution in [0.5, 0.6) is 23.0 Å². The van der Waals surface area contributed by atoms with Gasteiger partial charge in [0.2, 0.25) is 12.0 Å². The molecule has 1 unspecified atom stereocenters. The molecule has 5 N–H and O–H groups in total. The van der Waals surface area contributed by atoms with Crippen molar-refractivity contribution in [1.82, 2.24) is 15.5 Å². The minimum absolute atomic E-state index is 0.119. The number of aliphatic carboxylic acids is 1. The molecule has 0 bridgehead atoms. The van der Waals surface area contributed by atoms with E-state index in [4.69, 9.17) is 15.2 Å². The van der Waals surface area contributed by atoms with E-state index in [1.807, 2.05) is 84.9 Å². The normalized spacial score (nSPS) is 14.5. The molecule has 1 heterocycles. The number of β-lactam (4-membered cyclic amide) rings is 1. The number of nitrogens with zero attached hydrogens (tertiary/aromatic N) is 2. The van der Waals surface area contributed by atoms with Crippen molar-refractivity contribution in [2.75, 3.05) is 6.54 Å². The molecule has 3 amide bonds. The van der Waals surface area contributed by atoms with Gasteiger partial charge in [-0.15, -0.1) is 0 Å². The molecule has 12 nitrogen and oxygen atoms in total. The molecule has 1 fully saturated rings. The number of imide groups is 1. The molecule has 0 saturated carbocycles. The molecule has 0 aromatic heterocycles. The van der Waals surface area contributed by atoms with Crippen molar-refractivity contribution in [2.24, 2.45) is 16.6 Å². The van der Waals surface area contributed by atoms with Crippen LogP contribution in [-0.2, 0) is 27.5 Å². The lowest BCUT2D eigenvalue weighted by Crippen LogP contribution is -2.68. The van der Waals surface area contributed by atoms with Crippen LogP contribution < -0.4 is 25.8 Å². The zero-order valence-corrected chi connectivity index (χ0v) is 26.7. The number of nitrogens with two attached hydrogens (primary N) is 1. The maximum absolute atomic E-state index is 12.5. The molecule has 5 rings (SSSR count). The lowest BCUT2D eigenvalue weighted by molar-refractivity contribution is -0.166. The van der Waals surface area contributed by atoms with Gasteiger partial charge in [0.05, 0.1) is 18.3 Å². The number of carbonyl (C=O) groups excluding carboxylic acids is 3. The predicted molar refractivity (Wildman–Crippen MR) is 182 cm³/mol.